The molecule has 0 aromatic carbocycles. The molecule has 21 heavy (non-hydrogen) atoms. The molecule has 0 radical (unpaired) electrons. The number of carbonyl (C=O) groups is 1. The number of ether oxygens (including phenoxy) is 1. The van der Waals surface area contributed by atoms with E-state index in [9.17, 15) is 13.2 Å². The molecule has 1 spiro atoms. The van der Waals surface area contributed by atoms with Gasteiger partial charge in [0.1, 0.15) is 0 Å². The lowest BCUT2D eigenvalue weighted by molar-refractivity contribution is -0.183. The van der Waals surface area contributed by atoms with Gasteiger partial charge >= 0.3 is 5.97 Å². The SMILES string of the molecule is O=C(O)CC1CN(S(=O)(=O)c2cncs2)CC2(CCC2)O1. The third-order valence-electron chi connectivity index (χ3n) is 3.96. The molecule has 116 valence electrons. The van der Waals surface area contributed by atoms with Gasteiger partial charge in [0.2, 0.25) is 0 Å². The summed E-state index contributed by atoms with van der Waals surface area (Å²) < 4.78 is 32.6. The number of morpholine rings is 1. The number of hydrogen-bond acceptors (Lipinski definition) is 6. The van der Waals surface area contributed by atoms with Crippen molar-refractivity contribution in [2.75, 3.05) is 13.1 Å². The van der Waals surface area contributed by atoms with E-state index in [4.69, 9.17) is 9.84 Å². The van der Waals surface area contributed by atoms with Gasteiger partial charge in [0.15, 0.2) is 4.21 Å². The van der Waals surface area contributed by atoms with Gasteiger partial charge in [0.25, 0.3) is 10.0 Å². The Morgan fingerprint density at radius 3 is 2.86 bits per heavy atom. The highest BCUT2D eigenvalue weighted by atomic mass is 32.2. The van der Waals surface area contributed by atoms with Crippen LogP contribution < -0.4 is 0 Å². The second-order valence-corrected chi connectivity index (χ2v) is 8.54. The Balaban J connectivity index is 1.85. The second kappa shape index (κ2) is 5.31. The van der Waals surface area contributed by atoms with Gasteiger partial charge in [-0.2, -0.15) is 4.31 Å². The summed E-state index contributed by atoms with van der Waals surface area (Å²) in [5.41, 5.74) is 0.970. The van der Waals surface area contributed by atoms with Gasteiger partial charge in [-0.3, -0.25) is 9.78 Å². The predicted octanol–water partition coefficient (Wildman–Crippen LogP) is 0.930. The molecule has 1 aromatic rings. The Morgan fingerprint density at radius 1 is 1.57 bits per heavy atom. The van der Waals surface area contributed by atoms with Gasteiger partial charge in [-0.15, -0.1) is 11.3 Å². The quantitative estimate of drug-likeness (QED) is 0.881. The topological polar surface area (TPSA) is 96.8 Å². The number of nitrogens with zero attached hydrogens (tertiary/aromatic N) is 2. The second-order valence-electron chi connectivity index (χ2n) is 5.49. The van der Waals surface area contributed by atoms with Crippen molar-refractivity contribution in [3.8, 4) is 0 Å². The van der Waals surface area contributed by atoms with Crippen LogP contribution in [-0.4, -0.2) is 53.6 Å². The molecule has 3 rings (SSSR count). The molecule has 2 aliphatic rings. The van der Waals surface area contributed by atoms with Crippen molar-refractivity contribution in [3.63, 3.8) is 0 Å². The van der Waals surface area contributed by atoms with E-state index >= 15 is 0 Å². The molecular formula is C12H16N2O5S2. The third-order valence-corrected chi connectivity index (χ3v) is 7.02. The van der Waals surface area contributed by atoms with Crippen molar-refractivity contribution in [1.82, 2.24) is 9.29 Å². The van der Waals surface area contributed by atoms with E-state index in [1.54, 1.807) is 0 Å². The predicted molar refractivity (Wildman–Crippen MR) is 74.6 cm³/mol. The number of hydrogen-bond donors (Lipinski definition) is 1. The Morgan fingerprint density at radius 2 is 2.33 bits per heavy atom. The summed E-state index contributed by atoms with van der Waals surface area (Å²) in [5, 5.41) is 8.94. The highest BCUT2D eigenvalue weighted by Crippen LogP contribution is 2.41. The number of rotatable bonds is 4. The van der Waals surface area contributed by atoms with Crippen LogP contribution in [0.3, 0.4) is 0 Å². The van der Waals surface area contributed by atoms with Crippen molar-refractivity contribution >= 4 is 27.3 Å². The number of aromatic nitrogens is 1. The van der Waals surface area contributed by atoms with Crippen LogP contribution in [0.4, 0.5) is 0 Å². The largest absolute Gasteiger partial charge is 0.481 e. The molecule has 1 atom stereocenters. The lowest BCUT2D eigenvalue weighted by Gasteiger charge is -2.50. The van der Waals surface area contributed by atoms with E-state index in [2.05, 4.69) is 4.98 Å². The fourth-order valence-corrected chi connectivity index (χ4v) is 5.33. The minimum Gasteiger partial charge on any atom is -0.481 e. The molecule has 2 fully saturated rings. The molecule has 1 aliphatic heterocycles. The summed E-state index contributed by atoms with van der Waals surface area (Å²) in [5.74, 6) is -0.980. The highest BCUT2D eigenvalue weighted by Gasteiger charge is 2.48. The Labute approximate surface area is 126 Å². The van der Waals surface area contributed by atoms with Gasteiger partial charge < -0.3 is 9.84 Å². The number of sulfonamides is 1. The highest BCUT2D eigenvalue weighted by molar-refractivity contribution is 7.91. The molecule has 1 aliphatic carbocycles. The van der Waals surface area contributed by atoms with E-state index in [0.717, 1.165) is 30.6 Å². The number of thiazole rings is 1. The summed E-state index contributed by atoms with van der Waals surface area (Å²) >= 11 is 1.07. The summed E-state index contributed by atoms with van der Waals surface area (Å²) in [6.45, 7) is 0.373. The first-order valence-electron chi connectivity index (χ1n) is 6.70. The maximum atomic E-state index is 12.6. The van der Waals surface area contributed by atoms with E-state index in [1.165, 1.54) is 16.0 Å². The molecule has 7 nitrogen and oxygen atoms in total. The van der Waals surface area contributed by atoms with Gasteiger partial charge in [-0.25, -0.2) is 8.42 Å². The van der Waals surface area contributed by atoms with Crippen LogP contribution in [0.1, 0.15) is 25.7 Å². The first-order chi connectivity index (χ1) is 9.91. The Bertz CT molecular complexity index is 624. The zero-order chi connectivity index (χ0) is 15.1. The first-order valence-corrected chi connectivity index (χ1v) is 9.02. The number of carboxylic acids is 1. The zero-order valence-corrected chi connectivity index (χ0v) is 12.9. The molecule has 1 aromatic heterocycles. The minimum absolute atomic E-state index is 0.0777. The van der Waals surface area contributed by atoms with Gasteiger partial charge in [-0.1, -0.05) is 0 Å². The molecule has 2 heterocycles. The van der Waals surface area contributed by atoms with Crippen LogP contribution in [0.2, 0.25) is 0 Å². The van der Waals surface area contributed by atoms with Crippen molar-refractivity contribution in [3.05, 3.63) is 11.7 Å². The maximum Gasteiger partial charge on any atom is 0.306 e. The van der Waals surface area contributed by atoms with Gasteiger partial charge in [-0.05, 0) is 19.3 Å². The molecule has 0 bridgehead atoms. The average molecular weight is 332 g/mol. The fraction of sp³-hybridized carbons (Fsp3) is 0.667. The zero-order valence-electron chi connectivity index (χ0n) is 11.3. The first kappa shape index (κ1) is 14.9. The molecule has 9 heteroatoms. The number of aliphatic carboxylic acids is 1. The van der Waals surface area contributed by atoms with Crippen LogP contribution in [-0.2, 0) is 19.6 Å². The van der Waals surface area contributed by atoms with Gasteiger partial charge in [0.05, 0.1) is 29.8 Å². The van der Waals surface area contributed by atoms with E-state index < -0.39 is 27.7 Å². The van der Waals surface area contributed by atoms with Crippen molar-refractivity contribution in [2.24, 2.45) is 0 Å². The third kappa shape index (κ3) is 2.83. The van der Waals surface area contributed by atoms with Crippen LogP contribution >= 0.6 is 11.3 Å². The van der Waals surface area contributed by atoms with E-state index in [-0.39, 0.29) is 17.2 Å². The molecule has 1 saturated carbocycles. The average Bonchev–Trinajstić information content (AvgIpc) is 2.90. The van der Waals surface area contributed by atoms with Crippen molar-refractivity contribution < 1.29 is 23.1 Å². The lowest BCUT2D eigenvalue weighted by Crippen LogP contribution is -2.60. The van der Waals surface area contributed by atoms with Crippen LogP contribution in [0, 0.1) is 0 Å². The standard InChI is InChI=1S/C12H16N2O5S2/c15-10(16)4-9-6-14(7-12(19-9)2-1-3-12)21(17,18)11-5-13-8-20-11/h5,8-9H,1-4,6-7H2,(H,15,16). The normalized spacial score (nSPS) is 25.6. The van der Waals surface area contributed by atoms with Gasteiger partial charge in [0, 0.05) is 13.1 Å². The smallest absolute Gasteiger partial charge is 0.306 e. The van der Waals surface area contributed by atoms with E-state index in [0.29, 0.717) is 6.54 Å². The Hall–Kier alpha value is -1.03. The van der Waals surface area contributed by atoms with Crippen molar-refractivity contribution in [2.45, 2.75) is 41.6 Å². The molecule has 0 amide bonds. The van der Waals surface area contributed by atoms with Crippen molar-refractivity contribution in [1.29, 1.82) is 0 Å². The van der Waals surface area contributed by atoms with Crippen LogP contribution in [0.5, 0.6) is 0 Å². The van der Waals surface area contributed by atoms with Crippen LogP contribution in [0.15, 0.2) is 15.9 Å². The summed E-state index contributed by atoms with van der Waals surface area (Å²) in [6, 6.07) is 0. The molecule has 1 saturated heterocycles. The fourth-order valence-electron chi connectivity index (χ4n) is 2.83. The summed E-state index contributed by atoms with van der Waals surface area (Å²) in [4.78, 5) is 14.7. The van der Waals surface area contributed by atoms with Crippen LogP contribution in [0.25, 0.3) is 0 Å². The molecule has 1 unspecified atom stereocenters. The summed E-state index contributed by atoms with van der Waals surface area (Å²) in [6.07, 6.45) is 3.08. The Kier molecular flexibility index (Phi) is 3.76. The van der Waals surface area contributed by atoms with E-state index in [1.807, 2.05) is 0 Å². The molecule has 1 N–H and O–H groups in total. The number of carboxylic acid groups (broad SMARTS) is 1. The maximum absolute atomic E-state index is 12.6. The summed E-state index contributed by atoms with van der Waals surface area (Å²) in [7, 11) is -3.62. The minimum atomic E-state index is -3.62. The lowest BCUT2D eigenvalue weighted by atomic mass is 9.79. The molecular weight excluding hydrogens is 316 g/mol. The monoisotopic (exact) mass is 332 g/mol.